The molecule has 0 amide bonds. The summed E-state index contributed by atoms with van der Waals surface area (Å²) in [6.45, 7) is 3.47. The smallest absolute Gasteiger partial charge is 0.273 e. The van der Waals surface area contributed by atoms with Gasteiger partial charge in [0.05, 0.1) is 15.9 Å². The third-order valence-electron chi connectivity index (χ3n) is 3.11. The van der Waals surface area contributed by atoms with Crippen molar-refractivity contribution in [3.8, 4) is 11.3 Å². The molecule has 0 saturated carbocycles. The SMILES string of the molecule is Cc1cc(-c2ccc(/C=C\[N+](=O)[O-])o2)cc([N+](=O)[O-])c1C. The van der Waals surface area contributed by atoms with Crippen molar-refractivity contribution in [2.75, 3.05) is 0 Å². The predicted octanol–water partition coefficient (Wildman–Crippen LogP) is 3.72. The lowest BCUT2D eigenvalue weighted by molar-refractivity contribution is -0.401. The Bertz CT molecular complexity index is 746. The number of aryl methyl sites for hydroxylation is 1. The van der Waals surface area contributed by atoms with Gasteiger partial charge in [-0.25, -0.2) is 0 Å². The van der Waals surface area contributed by atoms with Crippen LogP contribution in [0.5, 0.6) is 0 Å². The fourth-order valence-corrected chi connectivity index (χ4v) is 1.90. The van der Waals surface area contributed by atoms with Crippen molar-refractivity contribution >= 4 is 11.8 Å². The summed E-state index contributed by atoms with van der Waals surface area (Å²) in [6, 6.07) is 6.40. The van der Waals surface area contributed by atoms with Crippen molar-refractivity contribution in [2.45, 2.75) is 13.8 Å². The second-order valence-electron chi connectivity index (χ2n) is 4.50. The minimum atomic E-state index is -0.594. The minimum absolute atomic E-state index is 0.0174. The van der Waals surface area contributed by atoms with Gasteiger partial charge >= 0.3 is 0 Å². The second-order valence-corrected chi connectivity index (χ2v) is 4.50. The number of nitrogens with zero attached hydrogens (tertiary/aromatic N) is 2. The van der Waals surface area contributed by atoms with E-state index in [9.17, 15) is 20.2 Å². The Hall–Kier alpha value is -2.96. The van der Waals surface area contributed by atoms with Crippen molar-refractivity contribution in [1.29, 1.82) is 0 Å². The maximum absolute atomic E-state index is 11.0. The molecule has 1 aromatic carbocycles. The van der Waals surface area contributed by atoms with Gasteiger partial charge in [0.15, 0.2) is 0 Å². The third-order valence-corrected chi connectivity index (χ3v) is 3.11. The monoisotopic (exact) mass is 288 g/mol. The van der Waals surface area contributed by atoms with E-state index in [4.69, 9.17) is 4.42 Å². The molecule has 7 nitrogen and oxygen atoms in total. The van der Waals surface area contributed by atoms with Crippen LogP contribution < -0.4 is 0 Å². The van der Waals surface area contributed by atoms with E-state index in [1.54, 1.807) is 32.0 Å². The van der Waals surface area contributed by atoms with Gasteiger partial charge in [0.25, 0.3) is 5.69 Å². The zero-order valence-electron chi connectivity index (χ0n) is 11.4. The molecule has 0 unspecified atom stereocenters. The Labute approximate surface area is 119 Å². The van der Waals surface area contributed by atoms with Crippen molar-refractivity contribution < 1.29 is 14.3 Å². The molecule has 2 rings (SSSR count). The second kappa shape index (κ2) is 5.58. The van der Waals surface area contributed by atoms with Gasteiger partial charge in [-0.15, -0.1) is 0 Å². The summed E-state index contributed by atoms with van der Waals surface area (Å²) in [4.78, 5) is 20.2. The van der Waals surface area contributed by atoms with Crippen molar-refractivity contribution in [3.05, 3.63) is 67.6 Å². The highest BCUT2D eigenvalue weighted by Gasteiger charge is 2.16. The molecule has 0 spiro atoms. The first-order valence-electron chi connectivity index (χ1n) is 6.06. The van der Waals surface area contributed by atoms with Gasteiger partial charge in [0.1, 0.15) is 11.5 Å². The van der Waals surface area contributed by atoms with E-state index >= 15 is 0 Å². The Kier molecular flexibility index (Phi) is 3.84. The van der Waals surface area contributed by atoms with E-state index in [1.807, 2.05) is 0 Å². The minimum Gasteiger partial charge on any atom is -0.457 e. The molecule has 1 heterocycles. The van der Waals surface area contributed by atoms with E-state index in [2.05, 4.69) is 0 Å². The number of benzene rings is 1. The van der Waals surface area contributed by atoms with E-state index in [0.29, 0.717) is 22.6 Å². The Morgan fingerprint density at radius 3 is 2.48 bits per heavy atom. The van der Waals surface area contributed by atoms with Gasteiger partial charge in [0, 0.05) is 17.2 Å². The molecular formula is C14H12N2O5. The van der Waals surface area contributed by atoms with E-state index in [0.717, 1.165) is 11.8 Å². The average Bonchev–Trinajstić information content (AvgIpc) is 2.87. The molecule has 21 heavy (non-hydrogen) atoms. The molecule has 0 atom stereocenters. The van der Waals surface area contributed by atoms with Crippen molar-refractivity contribution in [3.63, 3.8) is 0 Å². The number of nitro groups is 2. The van der Waals surface area contributed by atoms with Gasteiger partial charge < -0.3 is 4.42 Å². The van der Waals surface area contributed by atoms with Gasteiger partial charge in [-0.3, -0.25) is 20.2 Å². The molecule has 2 aromatic rings. The molecule has 0 aliphatic rings. The molecular weight excluding hydrogens is 276 g/mol. The van der Waals surface area contributed by atoms with Crippen LogP contribution in [0.25, 0.3) is 17.4 Å². The number of nitro benzene ring substituents is 1. The first-order chi connectivity index (χ1) is 9.88. The Morgan fingerprint density at radius 1 is 1.14 bits per heavy atom. The molecule has 1 aromatic heterocycles. The molecule has 108 valence electrons. The highest BCUT2D eigenvalue weighted by molar-refractivity contribution is 5.66. The third kappa shape index (κ3) is 3.14. The van der Waals surface area contributed by atoms with Crippen molar-refractivity contribution in [1.82, 2.24) is 0 Å². The maximum atomic E-state index is 11.0. The lowest BCUT2D eigenvalue weighted by Gasteiger charge is -2.04. The highest BCUT2D eigenvalue weighted by atomic mass is 16.6. The van der Waals surface area contributed by atoms with Crippen LogP contribution in [0.3, 0.4) is 0 Å². The Morgan fingerprint density at radius 2 is 1.86 bits per heavy atom. The molecule has 0 saturated heterocycles. The zero-order chi connectivity index (χ0) is 15.6. The van der Waals surface area contributed by atoms with Crippen LogP contribution in [0.1, 0.15) is 16.9 Å². The van der Waals surface area contributed by atoms with Crippen LogP contribution in [0.2, 0.25) is 0 Å². The summed E-state index contributed by atoms with van der Waals surface area (Å²) in [7, 11) is 0. The highest BCUT2D eigenvalue weighted by Crippen LogP contribution is 2.30. The van der Waals surface area contributed by atoms with Crippen LogP contribution >= 0.6 is 0 Å². The summed E-state index contributed by atoms with van der Waals surface area (Å²) in [6.07, 6.45) is 1.99. The topological polar surface area (TPSA) is 99.4 Å². The first kappa shape index (κ1) is 14.4. The fourth-order valence-electron chi connectivity index (χ4n) is 1.90. The van der Waals surface area contributed by atoms with E-state index in [-0.39, 0.29) is 5.69 Å². The normalized spacial score (nSPS) is 11.0. The maximum Gasteiger partial charge on any atom is 0.273 e. The zero-order valence-corrected chi connectivity index (χ0v) is 11.4. The molecule has 0 aliphatic heterocycles. The summed E-state index contributed by atoms with van der Waals surface area (Å²) < 4.78 is 5.44. The van der Waals surface area contributed by atoms with Gasteiger partial charge in [-0.1, -0.05) is 0 Å². The number of furan rings is 1. The standard InChI is InChI=1S/C14H12N2O5/c1-9-7-11(8-13(10(9)2)16(19)20)14-4-3-12(21-14)5-6-15(17)18/h3-8H,1-2H3/b6-5-. The molecule has 0 radical (unpaired) electrons. The molecule has 0 N–H and O–H groups in total. The molecule has 0 aliphatic carbocycles. The number of rotatable bonds is 4. The van der Waals surface area contributed by atoms with Crippen LogP contribution in [-0.2, 0) is 0 Å². The van der Waals surface area contributed by atoms with Crippen LogP contribution in [0.15, 0.2) is 34.9 Å². The summed E-state index contributed by atoms with van der Waals surface area (Å²) in [5.41, 5.74) is 1.95. The van der Waals surface area contributed by atoms with Crippen LogP contribution in [-0.4, -0.2) is 9.85 Å². The molecule has 7 heteroatoms. The van der Waals surface area contributed by atoms with Gasteiger partial charge in [0.2, 0.25) is 6.20 Å². The number of hydrogen-bond donors (Lipinski definition) is 0. The molecule has 0 bridgehead atoms. The van der Waals surface area contributed by atoms with E-state index in [1.165, 1.54) is 12.1 Å². The van der Waals surface area contributed by atoms with Gasteiger partial charge in [-0.2, -0.15) is 0 Å². The molecule has 0 fully saturated rings. The number of hydrogen-bond acceptors (Lipinski definition) is 5. The average molecular weight is 288 g/mol. The summed E-state index contributed by atoms with van der Waals surface area (Å²) >= 11 is 0. The lowest BCUT2D eigenvalue weighted by Crippen LogP contribution is -1.94. The van der Waals surface area contributed by atoms with Gasteiger partial charge in [-0.05, 0) is 37.6 Å². The lowest BCUT2D eigenvalue weighted by atomic mass is 10.0. The predicted molar refractivity (Wildman–Crippen MR) is 76.3 cm³/mol. The fraction of sp³-hybridized carbons (Fsp3) is 0.143. The first-order valence-corrected chi connectivity index (χ1v) is 6.06. The van der Waals surface area contributed by atoms with Crippen LogP contribution in [0.4, 0.5) is 5.69 Å². The largest absolute Gasteiger partial charge is 0.457 e. The van der Waals surface area contributed by atoms with Crippen LogP contribution in [0, 0.1) is 34.1 Å². The summed E-state index contributed by atoms with van der Waals surface area (Å²) in [5, 5.41) is 21.3. The van der Waals surface area contributed by atoms with E-state index < -0.39 is 9.85 Å². The Balaban J connectivity index is 2.43. The quantitative estimate of drug-likeness (QED) is 0.630. The van der Waals surface area contributed by atoms with Crippen molar-refractivity contribution in [2.24, 2.45) is 0 Å². The summed E-state index contributed by atoms with van der Waals surface area (Å²) in [5.74, 6) is 0.728.